The zero-order valence-corrected chi connectivity index (χ0v) is 10.5. The zero-order chi connectivity index (χ0) is 13.4. The lowest BCUT2D eigenvalue weighted by Gasteiger charge is -2.19. The van der Waals surface area contributed by atoms with Gasteiger partial charge in [-0.3, -0.25) is 4.79 Å². The summed E-state index contributed by atoms with van der Waals surface area (Å²) in [6, 6.07) is 11.0. The predicted molar refractivity (Wildman–Crippen MR) is 75.1 cm³/mol. The van der Waals surface area contributed by atoms with Gasteiger partial charge in [-0.1, -0.05) is 24.3 Å². The van der Waals surface area contributed by atoms with Gasteiger partial charge < -0.3 is 15.7 Å². The van der Waals surface area contributed by atoms with Gasteiger partial charge in [-0.15, -0.1) is 0 Å². The van der Waals surface area contributed by atoms with Crippen LogP contribution in [0.3, 0.4) is 0 Å². The first-order valence-corrected chi connectivity index (χ1v) is 6.42. The van der Waals surface area contributed by atoms with E-state index in [4.69, 9.17) is 5.73 Å². The second-order valence-electron chi connectivity index (χ2n) is 4.96. The van der Waals surface area contributed by atoms with Crippen LogP contribution >= 0.6 is 0 Å². The van der Waals surface area contributed by atoms with Crippen molar-refractivity contribution in [3.63, 3.8) is 0 Å². The Bertz CT molecular complexity index is 639. The van der Waals surface area contributed by atoms with Gasteiger partial charge in [0.15, 0.2) is 0 Å². The number of carbonyl (C=O) groups excluding carboxylic acids is 1. The predicted octanol–water partition coefficient (Wildman–Crippen LogP) is 1.86. The van der Waals surface area contributed by atoms with E-state index >= 15 is 0 Å². The number of phenolic OH excluding ortho intramolecular Hbond substituents is 1. The number of amides is 1. The van der Waals surface area contributed by atoms with Crippen molar-refractivity contribution in [1.29, 1.82) is 0 Å². The molecule has 2 aromatic rings. The average molecular weight is 256 g/mol. The minimum Gasteiger partial charge on any atom is -0.507 e. The van der Waals surface area contributed by atoms with E-state index in [1.807, 2.05) is 24.3 Å². The Kier molecular flexibility index (Phi) is 2.87. The fraction of sp³-hybridized carbons (Fsp3) is 0.267. The van der Waals surface area contributed by atoms with E-state index < -0.39 is 0 Å². The summed E-state index contributed by atoms with van der Waals surface area (Å²) in [5, 5.41) is 11.5. The summed E-state index contributed by atoms with van der Waals surface area (Å²) in [7, 11) is 0. The highest BCUT2D eigenvalue weighted by Crippen LogP contribution is 2.34. The molecule has 0 bridgehead atoms. The van der Waals surface area contributed by atoms with Crippen molar-refractivity contribution in [2.24, 2.45) is 11.7 Å². The van der Waals surface area contributed by atoms with Crippen LogP contribution in [0.25, 0.3) is 10.8 Å². The van der Waals surface area contributed by atoms with Crippen LogP contribution in [-0.4, -0.2) is 24.1 Å². The second kappa shape index (κ2) is 4.55. The fourth-order valence-corrected chi connectivity index (χ4v) is 2.68. The smallest absolute Gasteiger partial charge is 0.227 e. The summed E-state index contributed by atoms with van der Waals surface area (Å²) in [5.74, 6) is 0.563. The molecule has 1 fully saturated rings. The van der Waals surface area contributed by atoms with Crippen molar-refractivity contribution < 1.29 is 9.90 Å². The molecule has 3 rings (SSSR count). The van der Waals surface area contributed by atoms with Gasteiger partial charge in [-0.25, -0.2) is 0 Å². The minimum atomic E-state index is 0.103. The van der Waals surface area contributed by atoms with E-state index in [1.54, 1.807) is 17.0 Å². The molecule has 98 valence electrons. The van der Waals surface area contributed by atoms with Crippen LogP contribution in [0.15, 0.2) is 36.4 Å². The first-order chi connectivity index (χ1) is 9.20. The third-order valence-corrected chi connectivity index (χ3v) is 3.71. The number of aromatic hydroxyl groups is 1. The molecule has 0 aliphatic carbocycles. The molecule has 1 heterocycles. The Hall–Kier alpha value is -2.07. The third-order valence-electron chi connectivity index (χ3n) is 3.71. The number of carbonyl (C=O) groups is 1. The second-order valence-corrected chi connectivity index (χ2v) is 4.96. The Morgan fingerprint density at radius 1 is 1.21 bits per heavy atom. The van der Waals surface area contributed by atoms with Gasteiger partial charge >= 0.3 is 0 Å². The lowest BCUT2D eigenvalue weighted by Crippen LogP contribution is -2.25. The van der Waals surface area contributed by atoms with Crippen molar-refractivity contribution in [2.45, 2.75) is 6.42 Å². The summed E-state index contributed by atoms with van der Waals surface area (Å²) < 4.78 is 0. The minimum absolute atomic E-state index is 0.103. The molecule has 3 N–H and O–H groups in total. The molecule has 0 aromatic heterocycles. The molecule has 1 aliphatic rings. The van der Waals surface area contributed by atoms with Gasteiger partial charge in [0.2, 0.25) is 5.91 Å². The van der Waals surface area contributed by atoms with Gasteiger partial charge in [0, 0.05) is 23.7 Å². The van der Waals surface area contributed by atoms with Crippen molar-refractivity contribution in [1.82, 2.24) is 0 Å². The average Bonchev–Trinajstić information content (AvgIpc) is 2.80. The molecule has 1 unspecified atom stereocenters. The summed E-state index contributed by atoms with van der Waals surface area (Å²) in [6.45, 7) is 1.18. The first-order valence-electron chi connectivity index (χ1n) is 6.42. The molecule has 0 radical (unpaired) electrons. The molecule has 1 atom stereocenters. The highest BCUT2D eigenvalue weighted by molar-refractivity contribution is 6.06. The highest BCUT2D eigenvalue weighted by atomic mass is 16.3. The first kappa shape index (κ1) is 12.0. The number of phenols is 1. The maximum absolute atomic E-state index is 12.1. The topological polar surface area (TPSA) is 66.6 Å². The number of hydrogen-bond acceptors (Lipinski definition) is 3. The Morgan fingerprint density at radius 2 is 1.95 bits per heavy atom. The maximum atomic E-state index is 12.1. The molecule has 1 amide bonds. The van der Waals surface area contributed by atoms with E-state index in [1.165, 1.54) is 0 Å². The molecule has 2 aromatic carbocycles. The van der Waals surface area contributed by atoms with E-state index in [0.29, 0.717) is 19.5 Å². The zero-order valence-electron chi connectivity index (χ0n) is 10.5. The van der Waals surface area contributed by atoms with Crippen LogP contribution in [0.2, 0.25) is 0 Å². The van der Waals surface area contributed by atoms with E-state index in [2.05, 4.69) is 0 Å². The Morgan fingerprint density at radius 3 is 2.68 bits per heavy atom. The monoisotopic (exact) mass is 256 g/mol. The van der Waals surface area contributed by atoms with E-state index in [-0.39, 0.29) is 17.6 Å². The maximum Gasteiger partial charge on any atom is 0.227 e. The number of hydrogen-bond donors (Lipinski definition) is 2. The van der Waals surface area contributed by atoms with Crippen molar-refractivity contribution in [3.05, 3.63) is 36.4 Å². The number of anilines is 1. The molecule has 0 saturated carbocycles. The summed E-state index contributed by atoms with van der Waals surface area (Å²) in [4.78, 5) is 13.9. The van der Waals surface area contributed by atoms with E-state index in [0.717, 1.165) is 16.5 Å². The van der Waals surface area contributed by atoms with Crippen LogP contribution in [0.5, 0.6) is 5.75 Å². The van der Waals surface area contributed by atoms with Crippen molar-refractivity contribution in [2.75, 3.05) is 18.0 Å². The lowest BCUT2D eigenvalue weighted by atomic mass is 10.1. The normalized spacial score (nSPS) is 19.3. The summed E-state index contributed by atoms with van der Waals surface area (Å²) in [5.41, 5.74) is 6.51. The Balaban J connectivity index is 2.11. The standard InChI is InChI=1S/C15H16N2O2/c16-8-10-7-15(19)17(9-10)13-5-1-4-12-11(13)3-2-6-14(12)18/h1-6,10,18H,7-9,16H2. The van der Waals surface area contributed by atoms with Crippen LogP contribution < -0.4 is 10.6 Å². The number of fused-ring (bicyclic) bond motifs is 1. The van der Waals surface area contributed by atoms with Gasteiger partial charge in [-0.2, -0.15) is 0 Å². The van der Waals surface area contributed by atoms with Crippen LogP contribution in [0.4, 0.5) is 5.69 Å². The largest absolute Gasteiger partial charge is 0.507 e. The van der Waals surface area contributed by atoms with E-state index in [9.17, 15) is 9.90 Å². The van der Waals surface area contributed by atoms with Gasteiger partial charge in [0.1, 0.15) is 5.75 Å². The van der Waals surface area contributed by atoms with Gasteiger partial charge in [0.05, 0.1) is 5.69 Å². The number of benzene rings is 2. The fourth-order valence-electron chi connectivity index (χ4n) is 2.68. The quantitative estimate of drug-likeness (QED) is 0.861. The molecule has 4 nitrogen and oxygen atoms in total. The molecule has 0 spiro atoms. The lowest BCUT2D eigenvalue weighted by molar-refractivity contribution is -0.117. The van der Waals surface area contributed by atoms with Crippen LogP contribution in [-0.2, 0) is 4.79 Å². The summed E-state index contributed by atoms with van der Waals surface area (Å²) in [6.07, 6.45) is 0.506. The third kappa shape index (κ3) is 1.94. The molecular formula is C15H16N2O2. The van der Waals surface area contributed by atoms with Gasteiger partial charge in [0.25, 0.3) is 0 Å². The van der Waals surface area contributed by atoms with Crippen LogP contribution in [0, 0.1) is 5.92 Å². The Labute approximate surface area is 111 Å². The summed E-state index contributed by atoms with van der Waals surface area (Å²) >= 11 is 0. The molecule has 1 saturated heterocycles. The number of nitrogens with zero attached hydrogens (tertiary/aromatic N) is 1. The van der Waals surface area contributed by atoms with Crippen molar-refractivity contribution in [3.8, 4) is 5.75 Å². The SMILES string of the molecule is NCC1CC(=O)N(c2cccc3c(O)cccc23)C1. The number of rotatable bonds is 2. The molecule has 1 aliphatic heterocycles. The molecule has 4 heteroatoms. The van der Waals surface area contributed by atoms with Crippen molar-refractivity contribution >= 4 is 22.4 Å². The van der Waals surface area contributed by atoms with Gasteiger partial charge in [-0.05, 0) is 24.6 Å². The van der Waals surface area contributed by atoms with Crippen LogP contribution in [0.1, 0.15) is 6.42 Å². The highest BCUT2D eigenvalue weighted by Gasteiger charge is 2.30. The number of nitrogens with two attached hydrogens (primary N) is 1. The molecule has 19 heavy (non-hydrogen) atoms. The molecular weight excluding hydrogens is 240 g/mol.